The second kappa shape index (κ2) is 9.33. The van der Waals surface area contributed by atoms with E-state index < -0.39 is 9.85 Å². The van der Waals surface area contributed by atoms with Crippen molar-refractivity contribution in [3.8, 4) is 0 Å². The highest BCUT2D eigenvalue weighted by molar-refractivity contribution is 8.03. The van der Waals surface area contributed by atoms with Gasteiger partial charge in [-0.3, -0.25) is 20.2 Å². The van der Waals surface area contributed by atoms with Crippen molar-refractivity contribution in [2.75, 3.05) is 0 Å². The Kier molecular flexibility index (Phi) is 6.83. The van der Waals surface area contributed by atoms with E-state index in [0.717, 1.165) is 19.8 Å². The first-order valence-electron chi connectivity index (χ1n) is 8.49. The maximum atomic E-state index is 11.0. The largest absolute Gasteiger partial charge is 0.269 e. The van der Waals surface area contributed by atoms with Gasteiger partial charge in [-0.25, -0.2) is 0 Å². The monoisotopic (exact) mass is 448 g/mol. The molecular formula is C18H16N4O4S3. The Bertz CT molecular complexity index is 963. The van der Waals surface area contributed by atoms with Gasteiger partial charge in [-0.15, -0.1) is 10.2 Å². The zero-order valence-electron chi connectivity index (χ0n) is 15.4. The summed E-state index contributed by atoms with van der Waals surface area (Å²) in [6, 6.07) is 13.1. The van der Waals surface area contributed by atoms with E-state index in [1.165, 1.54) is 47.0 Å². The number of rotatable bonds is 8. The molecule has 1 aromatic heterocycles. The van der Waals surface area contributed by atoms with Crippen molar-refractivity contribution in [2.45, 2.75) is 33.0 Å². The summed E-state index contributed by atoms with van der Waals surface area (Å²) in [5, 5.41) is 30.3. The lowest BCUT2D eigenvalue weighted by Gasteiger charge is -2.09. The molecule has 0 N–H and O–H groups in total. The molecule has 11 heteroatoms. The quantitative estimate of drug-likeness (QED) is 0.232. The average molecular weight is 449 g/mol. The number of nitro groups is 2. The van der Waals surface area contributed by atoms with Crippen molar-refractivity contribution in [3.63, 3.8) is 0 Å². The number of aromatic nitrogens is 2. The molecule has 2 atom stereocenters. The molecule has 0 amide bonds. The summed E-state index contributed by atoms with van der Waals surface area (Å²) in [4.78, 5) is 21.1. The number of hydrogen-bond donors (Lipinski definition) is 0. The fraction of sp³-hybridized carbons (Fsp3) is 0.222. The molecule has 0 radical (unpaired) electrons. The van der Waals surface area contributed by atoms with Crippen molar-refractivity contribution in [2.24, 2.45) is 0 Å². The van der Waals surface area contributed by atoms with Gasteiger partial charge in [0.1, 0.15) is 0 Å². The third-order valence-corrected chi connectivity index (χ3v) is 7.45. The number of thioether (sulfide) groups is 2. The van der Waals surface area contributed by atoms with Crippen LogP contribution >= 0.6 is 34.9 Å². The van der Waals surface area contributed by atoms with Gasteiger partial charge < -0.3 is 0 Å². The average Bonchev–Trinajstić information content (AvgIpc) is 3.14. The lowest BCUT2D eigenvalue weighted by molar-refractivity contribution is -0.385. The van der Waals surface area contributed by atoms with Crippen molar-refractivity contribution < 1.29 is 9.85 Å². The maximum absolute atomic E-state index is 11.0. The number of nitro benzene ring substituents is 2. The fourth-order valence-electron chi connectivity index (χ4n) is 2.51. The second-order valence-electron chi connectivity index (χ2n) is 6.06. The molecule has 3 rings (SSSR count). The van der Waals surface area contributed by atoms with Crippen LogP contribution in [0.1, 0.15) is 35.5 Å². The molecule has 2 aromatic carbocycles. The van der Waals surface area contributed by atoms with E-state index in [4.69, 9.17) is 0 Å². The topological polar surface area (TPSA) is 112 Å². The van der Waals surface area contributed by atoms with E-state index >= 15 is 0 Å². The first kappa shape index (κ1) is 21.2. The summed E-state index contributed by atoms with van der Waals surface area (Å²) in [5.74, 6) is 0. The smallest absolute Gasteiger partial charge is 0.258 e. The molecule has 0 aliphatic rings. The lowest BCUT2D eigenvalue weighted by Crippen LogP contribution is -1.92. The van der Waals surface area contributed by atoms with Crippen LogP contribution in [0.5, 0.6) is 0 Å². The predicted octanol–water partition coefficient (Wildman–Crippen LogP) is 6.06. The van der Waals surface area contributed by atoms with Crippen molar-refractivity contribution in [3.05, 3.63) is 79.9 Å². The summed E-state index contributed by atoms with van der Waals surface area (Å²) in [6.45, 7) is 3.92. The zero-order chi connectivity index (χ0) is 21.0. The maximum Gasteiger partial charge on any atom is 0.269 e. The van der Waals surface area contributed by atoms with Crippen LogP contribution in [0.25, 0.3) is 0 Å². The third-order valence-electron chi connectivity index (χ3n) is 4.04. The van der Waals surface area contributed by atoms with E-state index in [2.05, 4.69) is 10.2 Å². The van der Waals surface area contributed by atoms with Gasteiger partial charge >= 0.3 is 0 Å². The number of hydrogen-bond acceptors (Lipinski definition) is 9. The zero-order valence-corrected chi connectivity index (χ0v) is 17.9. The minimum atomic E-state index is -0.407. The Balaban J connectivity index is 1.66. The normalized spacial score (nSPS) is 13.0. The molecule has 8 nitrogen and oxygen atoms in total. The summed E-state index contributed by atoms with van der Waals surface area (Å²) in [7, 11) is 0. The van der Waals surface area contributed by atoms with E-state index in [0.29, 0.717) is 0 Å². The van der Waals surface area contributed by atoms with Crippen LogP contribution in [-0.4, -0.2) is 20.0 Å². The summed E-state index contributed by atoms with van der Waals surface area (Å²) in [5.41, 5.74) is 1.82. The van der Waals surface area contributed by atoms with Gasteiger partial charge in [0, 0.05) is 34.8 Å². The molecule has 150 valence electrons. The van der Waals surface area contributed by atoms with Gasteiger partial charge in [0.15, 0.2) is 8.68 Å². The molecule has 0 saturated carbocycles. The summed E-state index contributed by atoms with van der Waals surface area (Å²) in [6.07, 6.45) is 0. The van der Waals surface area contributed by atoms with Crippen LogP contribution < -0.4 is 0 Å². The Morgan fingerprint density at radius 3 is 1.62 bits per heavy atom. The van der Waals surface area contributed by atoms with E-state index in [-0.39, 0.29) is 21.9 Å². The SMILES string of the molecule is CC(Sc1nnc(SC(C)c2cccc([N+](=O)[O-])c2)s1)c1cccc([N+](=O)[O-])c1. The van der Waals surface area contributed by atoms with Gasteiger partial charge in [0.25, 0.3) is 11.4 Å². The molecule has 0 aliphatic carbocycles. The Labute approximate surface area is 179 Å². The van der Waals surface area contributed by atoms with Crippen LogP contribution in [0.3, 0.4) is 0 Å². The van der Waals surface area contributed by atoms with Crippen LogP contribution in [0, 0.1) is 20.2 Å². The molecule has 0 aliphatic heterocycles. The van der Waals surface area contributed by atoms with Crippen LogP contribution in [0.15, 0.2) is 57.2 Å². The van der Waals surface area contributed by atoms with Crippen molar-refractivity contribution in [1.82, 2.24) is 10.2 Å². The minimum Gasteiger partial charge on any atom is -0.258 e. The third kappa shape index (κ3) is 5.52. The molecule has 2 unspecified atom stereocenters. The van der Waals surface area contributed by atoms with Crippen molar-refractivity contribution in [1.29, 1.82) is 0 Å². The van der Waals surface area contributed by atoms with Crippen LogP contribution in [0.2, 0.25) is 0 Å². The molecular weight excluding hydrogens is 432 g/mol. The van der Waals surface area contributed by atoms with Gasteiger partial charge in [0.05, 0.1) is 9.85 Å². The highest BCUT2D eigenvalue weighted by Gasteiger charge is 2.17. The van der Waals surface area contributed by atoms with Crippen molar-refractivity contribution >= 4 is 46.2 Å². The Morgan fingerprint density at radius 2 is 1.24 bits per heavy atom. The first-order valence-corrected chi connectivity index (χ1v) is 11.1. The Hall–Kier alpha value is -2.50. The van der Waals surface area contributed by atoms with E-state index in [9.17, 15) is 20.2 Å². The molecule has 0 spiro atoms. The standard InChI is InChI=1S/C18H16N4O4S3/c1-11(13-5-3-7-15(9-13)21(23)24)27-17-19-20-18(29-17)28-12(2)14-6-4-8-16(10-14)22(25)26/h3-12H,1-2H3. The number of benzene rings is 2. The Morgan fingerprint density at radius 1 is 0.828 bits per heavy atom. The molecule has 0 saturated heterocycles. The highest BCUT2D eigenvalue weighted by atomic mass is 32.2. The summed E-state index contributed by atoms with van der Waals surface area (Å²) < 4.78 is 1.52. The first-order chi connectivity index (χ1) is 13.8. The summed E-state index contributed by atoms with van der Waals surface area (Å²) >= 11 is 4.41. The highest BCUT2D eigenvalue weighted by Crippen LogP contribution is 2.42. The van der Waals surface area contributed by atoms with Crippen LogP contribution in [0.4, 0.5) is 11.4 Å². The van der Waals surface area contributed by atoms with Gasteiger partial charge in [-0.1, -0.05) is 59.1 Å². The van der Waals surface area contributed by atoms with Crippen LogP contribution in [-0.2, 0) is 0 Å². The predicted molar refractivity (Wildman–Crippen MR) is 115 cm³/mol. The molecule has 1 heterocycles. The molecule has 0 fully saturated rings. The molecule has 0 bridgehead atoms. The second-order valence-corrected chi connectivity index (χ2v) is 10.2. The number of non-ortho nitro benzene ring substituents is 2. The van der Waals surface area contributed by atoms with Gasteiger partial charge in [-0.05, 0) is 25.0 Å². The lowest BCUT2D eigenvalue weighted by atomic mass is 10.1. The van der Waals surface area contributed by atoms with E-state index in [1.54, 1.807) is 24.3 Å². The van der Waals surface area contributed by atoms with Gasteiger partial charge in [-0.2, -0.15) is 0 Å². The fourth-order valence-corrected chi connectivity index (χ4v) is 6.06. The molecule has 29 heavy (non-hydrogen) atoms. The molecule has 3 aromatic rings. The number of nitrogens with zero attached hydrogens (tertiary/aromatic N) is 4. The van der Waals surface area contributed by atoms with Gasteiger partial charge in [0.2, 0.25) is 0 Å². The van der Waals surface area contributed by atoms with E-state index in [1.807, 2.05) is 26.0 Å². The minimum absolute atomic E-state index is 0.0186.